The Morgan fingerprint density at radius 3 is 2.47 bits per heavy atom. The average Bonchev–Trinajstić information content (AvgIpc) is 3.26. The minimum absolute atomic E-state index is 0.00538. The van der Waals surface area contributed by atoms with Crippen molar-refractivity contribution in [3.05, 3.63) is 48.0 Å². The van der Waals surface area contributed by atoms with Crippen LogP contribution in [0, 0.1) is 0 Å². The van der Waals surface area contributed by atoms with Crippen LogP contribution < -0.4 is 11.1 Å². The third kappa shape index (κ3) is 6.36. The molecule has 2 aromatic carbocycles. The van der Waals surface area contributed by atoms with E-state index in [0.717, 1.165) is 43.0 Å². The lowest BCUT2D eigenvalue weighted by molar-refractivity contribution is -0.137. The second-order valence-corrected chi connectivity index (χ2v) is 8.71. The van der Waals surface area contributed by atoms with Crippen LogP contribution in [0.3, 0.4) is 0 Å². The van der Waals surface area contributed by atoms with E-state index in [4.69, 9.17) is 5.73 Å². The first-order valence-electron chi connectivity index (χ1n) is 9.95. The Morgan fingerprint density at radius 2 is 1.84 bits per heavy atom. The number of hydrogen-bond donors (Lipinski definition) is 3. The van der Waals surface area contributed by atoms with E-state index in [0.29, 0.717) is 5.69 Å². The Bertz CT molecular complexity index is 974. The monoisotopic (exact) mass is 467 g/mol. The molecule has 3 rings (SSSR count). The van der Waals surface area contributed by atoms with Gasteiger partial charge in [-0.3, -0.25) is 9.80 Å². The summed E-state index contributed by atoms with van der Waals surface area (Å²) in [7, 11) is 0. The molecule has 0 spiro atoms. The van der Waals surface area contributed by atoms with E-state index in [1.165, 1.54) is 24.8 Å². The van der Waals surface area contributed by atoms with Gasteiger partial charge in [0.2, 0.25) is 0 Å². The number of halogens is 3. The smallest absolute Gasteiger partial charge is 0.398 e. The summed E-state index contributed by atoms with van der Waals surface area (Å²) in [6.45, 7) is 3.11. The Kier molecular flexibility index (Phi) is 7.29. The summed E-state index contributed by atoms with van der Waals surface area (Å²) in [5.41, 5.74) is 2.64. The number of carbonyl (C=O) groups excluding carboxylic acids is 1. The quantitative estimate of drug-likeness (QED) is 0.306. The van der Waals surface area contributed by atoms with E-state index >= 15 is 0 Å². The third-order valence-electron chi connectivity index (χ3n) is 4.83. The number of alkyl halides is 3. The maximum absolute atomic E-state index is 13.0. The highest BCUT2D eigenvalue weighted by molar-refractivity contribution is 7.99. The highest BCUT2D eigenvalue weighted by Crippen LogP contribution is 2.35. The van der Waals surface area contributed by atoms with Crippen molar-refractivity contribution in [2.75, 3.05) is 29.9 Å². The number of carbonyl (C=O) groups is 1. The van der Waals surface area contributed by atoms with Gasteiger partial charge < -0.3 is 16.2 Å². The number of nitrogens with two attached hydrogens (primary N) is 1. The van der Waals surface area contributed by atoms with E-state index in [9.17, 15) is 23.1 Å². The van der Waals surface area contributed by atoms with Gasteiger partial charge >= 0.3 is 6.18 Å². The van der Waals surface area contributed by atoms with Crippen molar-refractivity contribution < 1.29 is 23.1 Å². The lowest BCUT2D eigenvalue weighted by Crippen LogP contribution is -2.42. The van der Waals surface area contributed by atoms with Gasteiger partial charge in [-0.05, 0) is 62.2 Å². The fraction of sp³-hybridized carbons (Fsp3) is 0.381. The van der Waals surface area contributed by atoms with E-state index in [1.807, 2.05) is 5.01 Å². The zero-order valence-electron chi connectivity index (χ0n) is 17.4. The number of amides is 1. The second kappa shape index (κ2) is 9.78. The maximum Gasteiger partial charge on any atom is 0.418 e. The molecule has 32 heavy (non-hydrogen) atoms. The first kappa shape index (κ1) is 23.9. The van der Waals surface area contributed by atoms with Crippen molar-refractivity contribution in [2.24, 2.45) is 10.3 Å². The van der Waals surface area contributed by atoms with Crippen LogP contribution in [0.5, 0.6) is 0 Å². The largest absolute Gasteiger partial charge is 0.418 e. The highest BCUT2D eigenvalue weighted by Gasteiger charge is 2.34. The van der Waals surface area contributed by atoms with Gasteiger partial charge in [-0.2, -0.15) is 13.2 Å². The van der Waals surface area contributed by atoms with Crippen LogP contribution in [0.4, 0.5) is 30.2 Å². The molecular weight excluding hydrogens is 443 g/mol. The van der Waals surface area contributed by atoms with Crippen LogP contribution in [-0.2, 0) is 11.0 Å². The van der Waals surface area contributed by atoms with Gasteiger partial charge in [0.25, 0.3) is 5.91 Å². The number of aliphatic hydroxyl groups is 1. The fourth-order valence-corrected chi connectivity index (χ4v) is 3.86. The van der Waals surface area contributed by atoms with Crippen molar-refractivity contribution >= 4 is 34.7 Å². The van der Waals surface area contributed by atoms with Crippen molar-refractivity contribution in [2.45, 2.75) is 36.4 Å². The van der Waals surface area contributed by atoms with Gasteiger partial charge in [-0.15, -0.1) is 16.9 Å². The predicted octanol–water partition coefficient (Wildman–Crippen LogP) is 4.86. The molecule has 7 nitrogen and oxygen atoms in total. The molecular formula is C21H24F3N5O2S. The van der Waals surface area contributed by atoms with Gasteiger partial charge in [-0.1, -0.05) is 5.22 Å². The molecule has 1 heterocycles. The number of nitrogens with zero attached hydrogens (tertiary/aromatic N) is 3. The molecule has 1 aliphatic rings. The summed E-state index contributed by atoms with van der Waals surface area (Å²) in [5, 5.41) is 23.1. The lowest BCUT2D eigenvalue weighted by atomic mass is 10.1. The summed E-state index contributed by atoms with van der Waals surface area (Å²) in [6.07, 6.45) is -2.42. The number of nitrogen functional groups attached to an aromatic ring is 1. The summed E-state index contributed by atoms with van der Waals surface area (Å²) >= 11 is 1.23. The van der Waals surface area contributed by atoms with Crippen LogP contribution >= 0.6 is 11.8 Å². The van der Waals surface area contributed by atoms with Crippen LogP contribution in [0.15, 0.2) is 57.7 Å². The zero-order chi connectivity index (χ0) is 23.4. The SMILES string of the molecule is C[C@](O)(CSc1ccc(N=NN2CCCC2)cc1)C(=O)Nc1ccc(N)c(C(F)(F)F)c1. The number of nitrogens with one attached hydrogen (secondary N) is 1. The molecule has 1 aliphatic heterocycles. The average molecular weight is 468 g/mol. The lowest BCUT2D eigenvalue weighted by Gasteiger charge is -2.22. The van der Waals surface area contributed by atoms with Crippen molar-refractivity contribution in [1.82, 2.24) is 5.01 Å². The molecule has 0 aromatic heterocycles. The van der Waals surface area contributed by atoms with E-state index in [-0.39, 0.29) is 11.4 Å². The van der Waals surface area contributed by atoms with Crippen LogP contribution in [0.1, 0.15) is 25.3 Å². The standard InChI is InChI=1S/C21H24F3N5O2S/c1-20(31,19(30)26-15-6-9-18(25)17(12-15)21(22,23)24)13-32-16-7-4-14(5-8-16)27-28-29-10-2-3-11-29/h4-9,12,31H,2-3,10-11,13,25H2,1H3,(H,26,30)/t20-/m0/s1. The number of hydrogen-bond acceptors (Lipinski definition) is 6. The maximum atomic E-state index is 13.0. The van der Waals surface area contributed by atoms with Crippen LogP contribution in [-0.4, -0.2) is 40.5 Å². The summed E-state index contributed by atoms with van der Waals surface area (Å²) in [5.74, 6) is -0.826. The normalized spacial score (nSPS) is 16.3. The van der Waals surface area contributed by atoms with Crippen molar-refractivity contribution in [3.63, 3.8) is 0 Å². The van der Waals surface area contributed by atoms with Crippen molar-refractivity contribution in [1.29, 1.82) is 0 Å². The number of thioether (sulfide) groups is 1. The molecule has 1 amide bonds. The highest BCUT2D eigenvalue weighted by atomic mass is 32.2. The van der Waals surface area contributed by atoms with Gasteiger partial charge in [0.15, 0.2) is 0 Å². The number of anilines is 2. The molecule has 0 bridgehead atoms. The number of rotatable bonds is 7. The Morgan fingerprint density at radius 1 is 1.19 bits per heavy atom. The predicted molar refractivity (Wildman–Crippen MR) is 118 cm³/mol. The second-order valence-electron chi connectivity index (χ2n) is 7.66. The van der Waals surface area contributed by atoms with E-state index in [2.05, 4.69) is 15.7 Å². The van der Waals surface area contributed by atoms with E-state index < -0.39 is 28.9 Å². The summed E-state index contributed by atoms with van der Waals surface area (Å²) in [6, 6.07) is 10.2. The fourth-order valence-electron chi connectivity index (χ4n) is 2.95. The first-order valence-corrected chi connectivity index (χ1v) is 10.9. The molecule has 4 N–H and O–H groups in total. The molecule has 11 heteroatoms. The molecule has 0 radical (unpaired) electrons. The minimum atomic E-state index is -4.65. The number of benzene rings is 2. The molecule has 1 saturated heterocycles. The van der Waals surface area contributed by atoms with Gasteiger partial charge in [0.05, 0.1) is 11.3 Å². The van der Waals surface area contributed by atoms with Crippen LogP contribution in [0.2, 0.25) is 0 Å². The van der Waals surface area contributed by atoms with Crippen LogP contribution in [0.25, 0.3) is 0 Å². The van der Waals surface area contributed by atoms with Gasteiger partial charge in [0, 0.05) is 35.1 Å². The molecule has 2 aromatic rings. The van der Waals surface area contributed by atoms with E-state index in [1.54, 1.807) is 24.3 Å². The molecule has 0 unspecified atom stereocenters. The topological polar surface area (TPSA) is 103 Å². The zero-order valence-corrected chi connectivity index (χ0v) is 18.2. The molecule has 1 fully saturated rings. The third-order valence-corrected chi connectivity index (χ3v) is 6.14. The van der Waals surface area contributed by atoms with Gasteiger partial charge in [0.1, 0.15) is 5.60 Å². The minimum Gasteiger partial charge on any atom is -0.398 e. The first-order chi connectivity index (χ1) is 15.0. The molecule has 0 aliphatic carbocycles. The van der Waals surface area contributed by atoms with Crippen molar-refractivity contribution in [3.8, 4) is 0 Å². The molecule has 1 atom stereocenters. The van der Waals surface area contributed by atoms with Gasteiger partial charge in [-0.25, -0.2) is 0 Å². The molecule has 172 valence electrons. The Balaban J connectivity index is 1.57. The summed E-state index contributed by atoms with van der Waals surface area (Å²) in [4.78, 5) is 13.2. The molecule has 0 saturated carbocycles. The Labute approximate surface area is 187 Å². The Hall–Kier alpha value is -2.79. The summed E-state index contributed by atoms with van der Waals surface area (Å²) < 4.78 is 39.0.